The van der Waals surface area contributed by atoms with Crippen LogP contribution in [0.1, 0.15) is 19.8 Å². The standard InChI is InChI=1S/C13H18ClN3O/c1-9-4-6-17(7-5-15-9)13-16-11-8-10(14)2-3-12(11)18-13/h2,8-9,12,15H,3-7H2,1H3/t9-,12?/m1/s1. The lowest BCUT2D eigenvalue weighted by Gasteiger charge is -2.22. The Bertz CT molecular complexity index is 430. The summed E-state index contributed by atoms with van der Waals surface area (Å²) in [5.74, 6) is 0. The second-order valence-corrected chi connectivity index (χ2v) is 5.46. The molecular formula is C13H18ClN3O. The third kappa shape index (κ3) is 2.40. The maximum absolute atomic E-state index is 6.00. The van der Waals surface area contributed by atoms with Crippen molar-refractivity contribution in [3.63, 3.8) is 0 Å². The van der Waals surface area contributed by atoms with Gasteiger partial charge in [0.1, 0.15) is 6.10 Å². The van der Waals surface area contributed by atoms with Gasteiger partial charge in [0.15, 0.2) is 0 Å². The number of fused-ring (bicyclic) bond motifs is 1. The minimum Gasteiger partial charge on any atom is -0.455 e. The molecule has 2 heterocycles. The second-order valence-electron chi connectivity index (χ2n) is 5.03. The molecule has 2 aliphatic heterocycles. The number of ether oxygens (including phenoxy) is 1. The first kappa shape index (κ1) is 12.1. The fraction of sp³-hybridized carbons (Fsp3) is 0.615. The zero-order chi connectivity index (χ0) is 12.5. The van der Waals surface area contributed by atoms with Crippen molar-refractivity contribution < 1.29 is 4.74 Å². The molecule has 0 aromatic carbocycles. The minimum atomic E-state index is 0.0659. The molecule has 3 rings (SSSR count). The Morgan fingerprint density at radius 2 is 2.39 bits per heavy atom. The summed E-state index contributed by atoms with van der Waals surface area (Å²) in [7, 11) is 0. The van der Waals surface area contributed by atoms with E-state index >= 15 is 0 Å². The number of hydrogen-bond donors (Lipinski definition) is 1. The molecule has 18 heavy (non-hydrogen) atoms. The van der Waals surface area contributed by atoms with Crippen LogP contribution < -0.4 is 5.32 Å². The van der Waals surface area contributed by atoms with E-state index in [-0.39, 0.29) is 6.10 Å². The van der Waals surface area contributed by atoms with Gasteiger partial charge in [-0.05, 0) is 19.4 Å². The highest BCUT2D eigenvalue weighted by atomic mass is 35.5. The lowest BCUT2D eigenvalue weighted by molar-refractivity contribution is 0.199. The SMILES string of the molecule is C[C@@H]1CCN(C2=NC3=CC(Cl)=CCC3O2)CCN1. The third-order valence-corrected chi connectivity index (χ3v) is 3.86. The van der Waals surface area contributed by atoms with Crippen molar-refractivity contribution in [1.29, 1.82) is 0 Å². The molecule has 3 aliphatic rings. The van der Waals surface area contributed by atoms with Crippen LogP contribution in [0.25, 0.3) is 0 Å². The molecule has 1 aliphatic carbocycles. The van der Waals surface area contributed by atoms with Crippen LogP contribution in [0.2, 0.25) is 0 Å². The monoisotopic (exact) mass is 267 g/mol. The van der Waals surface area contributed by atoms with Gasteiger partial charge in [-0.3, -0.25) is 0 Å². The van der Waals surface area contributed by atoms with Gasteiger partial charge in [-0.1, -0.05) is 17.7 Å². The van der Waals surface area contributed by atoms with E-state index in [0.29, 0.717) is 6.04 Å². The fourth-order valence-corrected chi connectivity index (χ4v) is 2.66. The van der Waals surface area contributed by atoms with E-state index in [1.54, 1.807) is 0 Å². The molecule has 98 valence electrons. The first-order valence-electron chi connectivity index (χ1n) is 6.53. The molecule has 1 unspecified atom stereocenters. The van der Waals surface area contributed by atoms with Gasteiger partial charge < -0.3 is 15.0 Å². The van der Waals surface area contributed by atoms with Gasteiger partial charge in [-0.2, -0.15) is 4.99 Å². The first-order chi connectivity index (χ1) is 8.72. The summed E-state index contributed by atoms with van der Waals surface area (Å²) in [6, 6.07) is 1.33. The van der Waals surface area contributed by atoms with E-state index in [4.69, 9.17) is 16.3 Å². The van der Waals surface area contributed by atoms with Gasteiger partial charge >= 0.3 is 0 Å². The van der Waals surface area contributed by atoms with Crippen molar-refractivity contribution >= 4 is 17.6 Å². The van der Waals surface area contributed by atoms with Crippen LogP contribution in [0.4, 0.5) is 0 Å². The summed E-state index contributed by atoms with van der Waals surface area (Å²) in [4.78, 5) is 6.81. The molecule has 0 aromatic rings. The number of allylic oxidation sites excluding steroid dienone is 2. The lowest BCUT2D eigenvalue weighted by Crippen LogP contribution is -2.35. The van der Waals surface area contributed by atoms with Crippen molar-refractivity contribution in [2.75, 3.05) is 19.6 Å². The fourth-order valence-electron chi connectivity index (χ4n) is 2.46. The molecule has 1 N–H and O–H groups in total. The first-order valence-corrected chi connectivity index (χ1v) is 6.91. The maximum Gasteiger partial charge on any atom is 0.293 e. The molecule has 0 aromatic heterocycles. The van der Waals surface area contributed by atoms with Crippen molar-refractivity contribution in [3.8, 4) is 0 Å². The predicted molar refractivity (Wildman–Crippen MR) is 72.6 cm³/mol. The Morgan fingerprint density at radius 1 is 1.50 bits per heavy atom. The highest BCUT2D eigenvalue weighted by Gasteiger charge is 2.30. The molecule has 0 radical (unpaired) electrons. The molecule has 2 atom stereocenters. The van der Waals surface area contributed by atoms with Gasteiger partial charge in [0.25, 0.3) is 6.02 Å². The third-order valence-electron chi connectivity index (χ3n) is 3.59. The average molecular weight is 268 g/mol. The molecule has 0 bridgehead atoms. The Labute approximate surface area is 112 Å². The van der Waals surface area contributed by atoms with Crippen molar-refractivity contribution in [2.45, 2.75) is 31.9 Å². The van der Waals surface area contributed by atoms with Crippen LogP contribution in [-0.2, 0) is 4.74 Å². The topological polar surface area (TPSA) is 36.9 Å². The van der Waals surface area contributed by atoms with E-state index in [1.165, 1.54) is 0 Å². The van der Waals surface area contributed by atoms with E-state index in [0.717, 1.165) is 49.2 Å². The quantitative estimate of drug-likeness (QED) is 0.728. The van der Waals surface area contributed by atoms with Crippen LogP contribution in [0.3, 0.4) is 0 Å². The van der Waals surface area contributed by atoms with Gasteiger partial charge in [-0.15, -0.1) is 0 Å². The summed E-state index contributed by atoms with van der Waals surface area (Å²) in [6.07, 6.45) is 5.89. The van der Waals surface area contributed by atoms with Crippen LogP contribution in [0.5, 0.6) is 0 Å². The Balaban J connectivity index is 1.72. The Morgan fingerprint density at radius 3 is 3.28 bits per heavy atom. The largest absolute Gasteiger partial charge is 0.455 e. The van der Waals surface area contributed by atoms with Gasteiger partial charge in [0, 0.05) is 37.1 Å². The minimum absolute atomic E-state index is 0.0659. The molecule has 0 spiro atoms. The molecular weight excluding hydrogens is 250 g/mol. The number of hydrogen-bond acceptors (Lipinski definition) is 4. The molecule has 1 fully saturated rings. The highest BCUT2D eigenvalue weighted by Crippen LogP contribution is 2.29. The summed E-state index contributed by atoms with van der Waals surface area (Å²) in [5, 5.41) is 4.23. The van der Waals surface area contributed by atoms with Gasteiger partial charge in [0.2, 0.25) is 0 Å². The zero-order valence-corrected chi connectivity index (χ0v) is 11.3. The summed E-state index contributed by atoms with van der Waals surface area (Å²) >= 11 is 6.00. The smallest absolute Gasteiger partial charge is 0.293 e. The predicted octanol–water partition coefficient (Wildman–Crippen LogP) is 1.84. The second kappa shape index (κ2) is 4.94. The summed E-state index contributed by atoms with van der Waals surface area (Å²) < 4.78 is 5.92. The van der Waals surface area contributed by atoms with Crippen LogP contribution >= 0.6 is 11.6 Å². The van der Waals surface area contributed by atoms with Crippen molar-refractivity contribution in [3.05, 3.63) is 22.9 Å². The van der Waals surface area contributed by atoms with Crippen LogP contribution in [0, 0.1) is 0 Å². The average Bonchev–Trinajstić information content (AvgIpc) is 2.63. The summed E-state index contributed by atoms with van der Waals surface area (Å²) in [6.45, 7) is 5.14. The number of aliphatic imine (C=N–C) groups is 1. The van der Waals surface area contributed by atoms with E-state index in [1.807, 2.05) is 12.2 Å². The van der Waals surface area contributed by atoms with E-state index in [9.17, 15) is 0 Å². The molecule has 1 saturated heterocycles. The maximum atomic E-state index is 6.00. The molecule has 0 amide bonds. The number of nitrogens with zero attached hydrogens (tertiary/aromatic N) is 2. The Kier molecular flexibility index (Phi) is 3.31. The highest BCUT2D eigenvalue weighted by molar-refractivity contribution is 6.31. The van der Waals surface area contributed by atoms with Crippen molar-refractivity contribution in [2.24, 2.45) is 4.99 Å². The van der Waals surface area contributed by atoms with E-state index in [2.05, 4.69) is 22.1 Å². The number of amidine groups is 1. The zero-order valence-electron chi connectivity index (χ0n) is 10.5. The lowest BCUT2D eigenvalue weighted by atomic mass is 10.1. The summed E-state index contributed by atoms with van der Waals surface area (Å²) in [5.41, 5.74) is 0.961. The van der Waals surface area contributed by atoms with Crippen LogP contribution in [-0.4, -0.2) is 42.7 Å². The molecule has 4 nitrogen and oxygen atoms in total. The van der Waals surface area contributed by atoms with E-state index < -0.39 is 0 Å². The van der Waals surface area contributed by atoms with Gasteiger partial charge in [0.05, 0.1) is 5.70 Å². The van der Waals surface area contributed by atoms with Crippen molar-refractivity contribution in [1.82, 2.24) is 10.2 Å². The normalized spacial score (nSPS) is 31.9. The Hall–Kier alpha value is -1.00. The van der Waals surface area contributed by atoms with Crippen LogP contribution in [0.15, 0.2) is 27.9 Å². The molecule has 0 saturated carbocycles. The number of halogens is 1. The number of rotatable bonds is 0. The molecule has 5 heteroatoms. The number of nitrogens with one attached hydrogen (secondary N) is 1. The van der Waals surface area contributed by atoms with Gasteiger partial charge in [-0.25, -0.2) is 0 Å².